The van der Waals surface area contributed by atoms with E-state index in [4.69, 9.17) is 5.73 Å². The lowest BCUT2D eigenvalue weighted by Crippen LogP contribution is -2.46. The minimum absolute atomic E-state index is 0.364. The zero-order valence-electron chi connectivity index (χ0n) is 9.69. The van der Waals surface area contributed by atoms with Crippen LogP contribution in [0.2, 0.25) is 0 Å². The Morgan fingerprint density at radius 3 is 2.21 bits per heavy atom. The molecule has 1 heterocycles. The molecule has 2 N–H and O–H groups in total. The Morgan fingerprint density at radius 2 is 1.71 bits per heavy atom. The van der Waals surface area contributed by atoms with Gasteiger partial charge in [-0.3, -0.25) is 0 Å². The Morgan fingerprint density at radius 1 is 1.14 bits per heavy atom. The molecule has 0 aliphatic carbocycles. The minimum atomic E-state index is 0.364. The lowest BCUT2D eigenvalue weighted by Gasteiger charge is -2.36. The van der Waals surface area contributed by atoms with Crippen LogP contribution >= 0.6 is 23.5 Å². The second-order valence-electron chi connectivity index (χ2n) is 4.59. The SMILES string of the molecule is CC(C)C(C)C(N)C1SCCSC1C. The van der Waals surface area contributed by atoms with E-state index in [1.54, 1.807) is 0 Å². The zero-order chi connectivity index (χ0) is 10.7. The Bertz CT molecular complexity index is 173. The van der Waals surface area contributed by atoms with Crippen LogP contribution < -0.4 is 5.73 Å². The van der Waals surface area contributed by atoms with Crippen LogP contribution in [0.3, 0.4) is 0 Å². The number of hydrogen-bond donors (Lipinski definition) is 1. The zero-order valence-corrected chi connectivity index (χ0v) is 11.3. The van der Waals surface area contributed by atoms with E-state index in [-0.39, 0.29) is 0 Å². The second kappa shape index (κ2) is 5.66. The van der Waals surface area contributed by atoms with Gasteiger partial charge in [0.05, 0.1) is 0 Å². The van der Waals surface area contributed by atoms with Gasteiger partial charge in [0.25, 0.3) is 0 Å². The van der Waals surface area contributed by atoms with E-state index in [1.807, 2.05) is 0 Å². The van der Waals surface area contributed by atoms with Crippen LogP contribution in [0.1, 0.15) is 27.7 Å². The Balaban J connectivity index is 2.53. The maximum Gasteiger partial charge on any atom is 0.0318 e. The highest BCUT2D eigenvalue weighted by atomic mass is 32.2. The standard InChI is InChI=1S/C11H23NS2/c1-7(2)8(3)10(12)11-9(4)13-5-6-14-11/h7-11H,5-6,12H2,1-4H3. The van der Waals surface area contributed by atoms with Crippen LogP contribution in [0, 0.1) is 11.8 Å². The van der Waals surface area contributed by atoms with Crippen molar-refractivity contribution < 1.29 is 0 Å². The average Bonchev–Trinajstić information content (AvgIpc) is 2.16. The molecule has 1 rings (SSSR count). The first kappa shape index (κ1) is 12.7. The lowest BCUT2D eigenvalue weighted by atomic mass is 9.88. The molecule has 0 aromatic rings. The molecule has 4 unspecified atom stereocenters. The normalized spacial score (nSPS) is 33.0. The number of nitrogens with two attached hydrogens (primary N) is 1. The van der Waals surface area contributed by atoms with E-state index in [2.05, 4.69) is 51.2 Å². The van der Waals surface area contributed by atoms with Crippen molar-refractivity contribution in [2.75, 3.05) is 11.5 Å². The van der Waals surface area contributed by atoms with E-state index in [9.17, 15) is 0 Å². The third-order valence-electron chi connectivity index (χ3n) is 3.28. The molecule has 1 aliphatic heterocycles. The fourth-order valence-electron chi connectivity index (χ4n) is 1.82. The highest BCUT2D eigenvalue weighted by Crippen LogP contribution is 2.35. The molecule has 1 aliphatic rings. The van der Waals surface area contributed by atoms with E-state index in [0.29, 0.717) is 23.1 Å². The fourth-order valence-corrected chi connectivity index (χ4v) is 4.81. The van der Waals surface area contributed by atoms with Crippen molar-refractivity contribution >= 4 is 23.5 Å². The first-order valence-electron chi connectivity index (χ1n) is 5.52. The summed E-state index contributed by atoms with van der Waals surface area (Å²) in [5, 5.41) is 1.39. The summed E-state index contributed by atoms with van der Waals surface area (Å²) in [5.74, 6) is 3.90. The average molecular weight is 233 g/mol. The van der Waals surface area contributed by atoms with Gasteiger partial charge in [0, 0.05) is 28.0 Å². The van der Waals surface area contributed by atoms with Crippen molar-refractivity contribution in [1.82, 2.24) is 0 Å². The summed E-state index contributed by atoms with van der Waals surface area (Å²) in [5.41, 5.74) is 6.35. The van der Waals surface area contributed by atoms with Gasteiger partial charge in [0.1, 0.15) is 0 Å². The summed E-state index contributed by atoms with van der Waals surface area (Å²) in [6, 6.07) is 0.364. The van der Waals surface area contributed by atoms with Crippen molar-refractivity contribution in [3.05, 3.63) is 0 Å². The quantitative estimate of drug-likeness (QED) is 0.812. The van der Waals surface area contributed by atoms with Gasteiger partial charge in [-0.15, -0.1) is 0 Å². The fraction of sp³-hybridized carbons (Fsp3) is 1.00. The summed E-state index contributed by atoms with van der Waals surface area (Å²) < 4.78 is 0. The molecule has 0 saturated carbocycles. The van der Waals surface area contributed by atoms with Gasteiger partial charge in [-0.1, -0.05) is 27.7 Å². The molecule has 1 saturated heterocycles. The molecular weight excluding hydrogens is 210 g/mol. The largest absolute Gasteiger partial charge is 0.326 e. The molecule has 0 aromatic heterocycles. The minimum Gasteiger partial charge on any atom is -0.326 e. The van der Waals surface area contributed by atoms with Crippen LogP contribution in [0.25, 0.3) is 0 Å². The van der Waals surface area contributed by atoms with Gasteiger partial charge in [0.15, 0.2) is 0 Å². The molecule has 84 valence electrons. The predicted octanol–water partition coefficient (Wildman–Crippen LogP) is 2.84. The van der Waals surface area contributed by atoms with Crippen LogP contribution in [0.5, 0.6) is 0 Å². The number of rotatable bonds is 3. The van der Waals surface area contributed by atoms with Crippen molar-refractivity contribution in [3.8, 4) is 0 Å². The highest BCUT2D eigenvalue weighted by molar-refractivity contribution is 8.07. The van der Waals surface area contributed by atoms with Crippen LogP contribution in [-0.2, 0) is 0 Å². The van der Waals surface area contributed by atoms with E-state index in [1.165, 1.54) is 11.5 Å². The summed E-state index contributed by atoms with van der Waals surface area (Å²) >= 11 is 4.16. The first-order chi connectivity index (χ1) is 6.54. The van der Waals surface area contributed by atoms with Crippen molar-refractivity contribution in [2.24, 2.45) is 17.6 Å². The van der Waals surface area contributed by atoms with Crippen molar-refractivity contribution in [2.45, 2.75) is 44.2 Å². The maximum atomic E-state index is 6.35. The van der Waals surface area contributed by atoms with Crippen LogP contribution in [-0.4, -0.2) is 28.0 Å². The van der Waals surface area contributed by atoms with Gasteiger partial charge in [-0.25, -0.2) is 0 Å². The topological polar surface area (TPSA) is 26.0 Å². The Hall–Kier alpha value is 0.660. The molecule has 0 aromatic carbocycles. The Labute approximate surface area is 97.0 Å². The first-order valence-corrected chi connectivity index (χ1v) is 7.62. The second-order valence-corrected chi connectivity index (χ2v) is 7.36. The molecule has 0 spiro atoms. The summed E-state index contributed by atoms with van der Waals surface area (Å²) in [7, 11) is 0. The molecule has 0 radical (unpaired) electrons. The predicted molar refractivity (Wildman–Crippen MR) is 70.1 cm³/mol. The van der Waals surface area contributed by atoms with Gasteiger partial charge >= 0.3 is 0 Å². The third kappa shape index (κ3) is 3.07. The smallest absolute Gasteiger partial charge is 0.0318 e. The molecular formula is C11H23NS2. The summed E-state index contributed by atoms with van der Waals surface area (Å²) in [6.07, 6.45) is 0. The van der Waals surface area contributed by atoms with E-state index < -0.39 is 0 Å². The maximum absolute atomic E-state index is 6.35. The number of hydrogen-bond acceptors (Lipinski definition) is 3. The van der Waals surface area contributed by atoms with E-state index >= 15 is 0 Å². The van der Waals surface area contributed by atoms with Crippen molar-refractivity contribution in [1.29, 1.82) is 0 Å². The van der Waals surface area contributed by atoms with Crippen LogP contribution in [0.4, 0.5) is 0 Å². The van der Waals surface area contributed by atoms with Gasteiger partial charge < -0.3 is 5.73 Å². The monoisotopic (exact) mass is 233 g/mol. The lowest BCUT2D eigenvalue weighted by molar-refractivity contribution is 0.338. The van der Waals surface area contributed by atoms with Crippen molar-refractivity contribution in [3.63, 3.8) is 0 Å². The number of thioether (sulfide) groups is 2. The van der Waals surface area contributed by atoms with Gasteiger partial charge in [-0.2, -0.15) is 23.5 Å². The van der Waals surface area contributed by atoms with Crippen LogP contribution in [0.15, 0.2) is 0 Å². The van der Waals surface area contributed by atoms with Gasteiger partial charge in [-0.05, 0) is 11.8 Å². The summed E-state index contributed by atoms with van der Waals surface area (Å²) in [4.78, 5) is 0. The molecule has 1 nitrogen and oxygen atoms in total. The van der Waals surface area contributed by atoms with E-state index in [0.717, 1.165) is 5.25 Å². The van der Waals surface area contributed by atoms with Gasteiger partial charge in [0.2, 0.25) is 0 Å². The summed E-state index contributed by atoms with van der Waals surface area (Å²) in [6.45, 7) is 9.17. The molecule has 0 amide bonds. The molecule has 14 heavy (non-hydrogen) atoms. The Kier molecular flexibility index (Phi) is 5.15. The molecule has 3 heteroatoms. The molecule has 4 atom stereocenters. The molecule has 0 bridgehead atoms. The third-order valence-corrected chi connectivity index (χ3v) is 6.51. The molecule has 1 fully saturated rings. The highest BCUT2D eigenvalue weighted by Gasteiger charge is 2.31.